The second-order valence-electron chi connectivity index (χ2n) is 12.3. The van der Waals surface area contributed by atoms with Crippen LogP contribution in [0.3, 0.4) is 0 Å². The molecule has 3 N–H and O–H groups in total. The van der Waals surface area contributed by atoms with E-state index in [1.165, 1.54) is 83.5 Å². The van der Waals surface area contributed by atoms with E-state index in [1.54, 1.807) is 18.2 Å². The van der Waals surface area contributed by atoms with Gasteiger partial charge < -0.3 is 14.8 Å². The molecule has 1 aromatic carbocycles. The fourth-order valence-electron chi connectivity index (χ4n) is 7.46. The second kappa shape index (κ2) is 14.3. The van der Waals surface area contributed by atoms with Crippen LogP contribution in [-0.2, 0) is 9.47 Å². The zero-order chi connectivity index (χ0) is 27.1. The zero-order valence-electron chi connectivity index (χ0n) is 23.3. The summed E-state index contributed by atoms with van der Waals surface area (Å²) in [5.41, 5.74) is 7.40. The third kappa shape index (κ3) is 7.69. The fraction of sp³-hybridized carbons (Fsp3) is 0.774. The van der Waals surface area contributed by atoms with Crippen molar-refractivity contribution in [3.8, 4) is 0 Å². The van der Waals surface area contributed by atoms with Crippen LogP contribution < -0.4 is 16.2 Å². The lowest BCUT2D eigenvalue weighted by atomic mass is 9.79. The molecule has 1 aromatic rings. The molecule has 39 heavy (non-hydrogen) atoms. The molecule has 6 nitrogen and oxygen atoms in total. The molecule has 2 saturated heterocycles. The SMILES string of the molecule is O=C(NCCOC1(C2CCCCCCC2)CCC(C2CCC(C3CCCCC3)O2)NN1)c1ccc(Cl)cc1Cl. The summed E-state index contributed by atoms with van der Waals surface area (Å²) in [4.78, 5) is 12.7. The van der Waals surface area contributed by atoms with Crippen molar-refractivity contribution in [2.75, 3.05) is 13.2 Å². The van der Waals surface area contributed by atoms with E-state index < -0.39 is 5.72 Å². The number of hydrogen-bond acceptors (Lipinski definition) is 5. The van der Waals surface area contributed by atoms with Gasteiger partial charge in [0.25, 0.3) is 5.91 Å². The zero-order valence-corrected chi connectivity index (χ0v) is 24.8. The maximum absolute atomic E-state index is 12.7. The van der Waals surface area contributed by atoms with E-state index in [9.17, 15) is 4.79 Å². The first-order chi connectivity index (χ1) is 19.0. The number of benzene rings is 1. The molecule has 4 atom stereocenters. The topological polar surface area (TPSA) is 71.6 Å². The van der Waals surface area contributed by atoms with Crippen molar-refractivity contribution in [2.45, 2.75) is 127 Å². The molecule has 2 aliphatic carbocycles. The minimum atomic E-state index is -0.419. The molecule has 0 spiro atoms. The molecule has 0 bridgehead atoms. The molecule has 4 fully saturated rings. The van der Waals surface area contributed by atoms with E-state index in [2.05, 4.69) is 16.2 Å². The lowest BCUT2D eigenvalue weighted by molar-refractivity contribution is -0.155. The van der Waals surface area contributed by atoms with Gasteiger partial charge in [-0.15, -0.1) is 0 Å². The Labute approximate surface area is 244 Å². The smallest absolute Gasteiger partial charge is 0.252 e. The Morgan fingerprint density at radius 1 is 0.923 bits per heavy atom. The van der Waals surface area contributed by atoms with Crippen molar-refractivity contribution in [3.05, 3.63) is 33.8 Å². The summed E-state index contributed by atoms with van der Waals surface area (Å²) in [5.74, 6) is 1.00. The van der Waals surface area contributed by atoms with Crippen LogP contribution in [0.4, 0.5) is 0 Å². The van der Waals surface area contributed by atoms with E-state index in [-0.39, 0.29) is 12.0 Å². The minimum absolute atomic E-state index is 0.207. The highest BCUT2D eigenvalue weighted by molar-refractivity contribution is 6.36. The summed E-state index contributed by atoms with van der Waals surface area (Å²) in [6.45, 7) is 0.864. The number of hydrazine groups is 1. The Balaban J connectivity index is 1.16. The van der Waals surface area contributed by atoms with Crippen LogP contribution in [-0.4, -0.2) is 43.0 Å². The highest BCUT2D eigenvalue weighted by atomic mass is 35.5. The summed E-state index contributed by atoms with van der Waals surface area (Å²) in [6.07, 6.45) is 20.7. The average molecular weight is 581 g/mol. The van der Waals surface area contributed by atoms with Crippen LogP contribution in [0.25, 0.3) is 0 Å². The number of hydrogen-bond donors (Lipinski definition) is 3. The molecular weight excluding hydrogens is 533 g/mol. The summed E-state index contributed by atoms with van der Waals surface area (Å²) in [6, 6.07) is 5.25. The molecule has 218 valence electrons. The number of carbonyl (C=O) groups excluding carboxylic acids is 1. The van der Waals surface area contributed by atoms with Gasteiger partial charge in [0.15, 0.2) is 0 Å². The predicted octanol–water partition coefficient (Wildman–Crippen LogP) is 7.18. The summed E-state index contributed by atoms with van der Waals surface area (Å²) < 4.78 is 13.4. The summed E-state index contributed by atoms with van der Waals surface area (Å²) in [5, 5.41) is 3.84. The number of halogens is 2. The molecule has 4 unspecified atom stereocenters. The van der Waals surface area contributed by atoms with Crippen LogP contribution in [0.5, 0.6) is 0 Å². The molecule has 2 saturated carbocycles. The molecule has 0 aromatic heterocycles. The van der Waals surface area contributed by atoms with Crippen molar-refractivity contribution in [1.82, 2.24) is 16.2 Å². The molecule has 0 radical (unpaired) electrons. The monoisotopic (exact) mass is 579 g/mol. The molecular formula is C31H47Cl2N3O3. The minimum Gasteiger partial charge on any atom is -0.373 e. The summed E-state index contributed by atoms with van der Waals surface area (Å²) >= 11 is 12.2. The maximum Gasteiger partial charge on any atom is 0.252 e. The van der Waals surface area contributed by atoms with Crippen LogP contribution in [0, 0.1) is 11.8 Å². The van der Waals surface area contributed by atoms with Gasteiger partial charge in [-0.3, -0.25) is 4.79 Å². The first kappa shape index (κ1) is 29.6. The van der Waals surface area contributed by atoms with E-state index in [0.29, 0.717) is 46.8 Å². The van der Waals surface area contributed by atoms with Crippen molar-refractivity contribution in [1.29, 1.82) is 0 Å². The Kier molecular flexibility index (Phi) is 10.9. The molecule has 5 rings (SSSR count). The van der Waals surface area contributed by atoms with Crippen molar-refractivity contribution in [2.24, 2.45) is 11.8 Å². The van der Waals surface area contributed by atoms with E-state index in [0.717, 1.165) is 25.2 Å². The van der Waals surface area contributed by atoms with Crippen LogP contribution in [0.2, 0.25) is 10.0 Å². The first-order valence-corrected chi connectivity index (χ1v) is 16.3. The number of rotatable bonds is 8. The Hall–Kier alpha value is -0.890. The molecule has 2 aliphatic heterocycles. The quantitative estimate of drug-likeness (QED) is 0.284. The van der Waals surface area contributed by atoms with Gasteiger partial charge in [0.2, 0.25) is 0 Å². The Morgan fingerprint density at radius 2 is 1.62 bits per heavy atom. The molecule has 8 heteroatoms. The Morgan fingerprint density at radius 3 is 2.33 bits per heavy atom. The highest BCUT2D eigenvalue weighted by Gasteiger charge is 2.45. The van der Waals surface area contributed by atoms with Gasteiger partial charge in [0.1, 0.15) is 5.72 Å². The van der Waals surface area contributed by atoms with E-state index >= 15 is 0 Å². The predicted molar refractivity (Wildman–Crippen MR) is 157 cm³/mol. The van der Waals surface area contributed by atoms with Crippen molar-refractivity contribution < 1.29 is 14.3 Å². The van der Waals surface area contributed by atoms with Crippen LogP contribution in [0.15, 0.2) is 18.2 Å². The number of amides is 1. The fourth-order valence-corrected chi connectivity index (χ4v) is 7.95. The third-order valence-corrected chi connectivity index (χ3v) is 10.2. The third-order valence-electron chi connectivity index (χ3n) is 9.69. The standard InChI is InChI=1S/C31H47Cl2N3O3/c32-24-13-14-25(26(33)21-24)30(37)34-19-20-38-31(23-11-7-2-1-3-8-12-23)18-17-27(35-36-31)29-16-15-28(39-29)22-9-5-4-6-10-22/h13-14,21-23,27-29,35-36H,1-12,15-20H2,(H,34,37). The van der Waals surface area contributed by atoms with Gasteiger partial charge in [0, 0.05) is 23.5 Å². The largest absolute Gasteiger partial charge is 0.373 e. The molecule has 1 amide bonds. The average Bonchev–Trinajstić information content (AvgIpc) is 3.42. The maximum atomic E-state index is 12.7. The van der Waals surface area contributed by atoms with E-state index in [4.69, 9.17) is 32.7 Å². The van der Waals surface area contributed by atoms with Gasteiger partial charge in [-0.2, -0.15) is 0 Å². The van der Waals surface area contributed by atoms with Crippen molar-refractivity contribution >= 4 is 29.1 Å². The second-order valence-corrected chi connectivity index (χ2v) is 13.1. The summed E-state index contributed by atoms with van der Waals surface area (Å²) in [7, 11) is 0. The molecule has 4 aliphatic rings. The highest BCUT2D eigenvalue weighted by Crippen LogP contribution is 2.40. The normalized spacial score (nSPS) is 31.5. The van der Waals surface area contributed by atoms with Crippen LogP contribution in [0.1, 0.15) is 113 Å². The Bertz CT molecular complexity index is 926. The van der Waals surface area contributed by atoms with Gasteiger partial charge in [-0.05, 0) is 75.5 Å². The number of nitrogens with one attached hydrogen (secondary N) is 3. The number of ether oxygens (including phenoxy) is 2. The van der Waals surface area contributed by atoms with Gasteiger partial charge in [0.05, 0.1) is 29.4 Å². The van der Waals surface area contributed by atoms with Gasteiger partial charge in [-0.1, -0.05) is 74.6 Å². The first-order valence-electron chi connectivity index (χ1n) is 15.6. The van der Waals surface area contributed by atoms with Gasteiger partial charge >= 0.3 is 0 Å². The van der Waals surface area contributed by atoms with Gasteiger partial charge in [-0.25, -0.2) is 10.9 Å². The number of carbonyl (C=O) groups is 1. The lowest BCUT2D eigenvalue weighted by Gasteiger charge is -2.48. The lowest BCUT2D eigenvalue weighted by Crippen LogP contribution is -2.67. The van der Waals surface area contributed by atoms with Crippen molar-refractivity contribution in [3.63, 3.8) is 0 Å². The van der Waals surface area contributed by atoms with Crippen LogP contribution >= 0.6 is 23.2 Å². The molecule has 2 heterocycles. The van der Waals surface area contributed by atoms with E-state index in [1.807, 2.05) is 0 Å².